The lowest BCUT2D eigenvalue weighted by molar-refractivity contribution is -0.154. The van der Waals surface area contributed by atoms with Crippen molar-refractivity contribution in [2.45, 2.75) is 40.0 Å². The van der Waals surface area contributed by atoms with Gasteiger partial charge in [0.1, 0.15) is 0 Å². The molecule has 0 aromatic heterocycles. The summed E-state index contributed by atoms with van der Waals surface area (Å²) in [4.78, 5) is 11.9. The molecule has 2 atom stereocenters. The third-order valence-corrected chi connectivity index (χ3v) is 6.24. The van der Waals surface area contributed by atoms with E-state index in [1.54, 1.807) is 0 Å². The van der Waals surface area contributed by atoms with Gasteiger partial charge in [-0.05, 0) is 30.4 Å². The summed E-state index contributed by atoms with van der Waals surface area (Å²) in [5.41, 5.74) is 3.92. The van der Waals surface area contributed by atoms with Gasteiger partial charge in [0.15, 0.2) is 0 Å². The van der Waals surface area contributed by atoms with Crippen molar-refractivity contribution in [2.75, 3.05) is 5.43 Å². The number of para-hydroxylation sites is 1. The van der Waals surface area contributed by atoms with Crippen LogP contribution in [0.2, 0.25) is 0 Å². The first-order chi connectivity index (χ1) is 9.83. The highest BCUT2D eigenvalue weighted by atomic mass is 16.4. The molecule has 0 aliphatic heterocycles. The molecule has 0 spiro atoms. The average Bonchev–Trinajstić information content (AvgIpc) is 2.76. The summed E-state index contributed by atoms with van der Waals surface area (Å²) in [6, 6.07) is 9.77. The lowest BCUT2D eigenvalue weighted by Gasteiger charge is -2.37. The van der Waals surface area contributed by atoms with Crippen LogP contribution in [-0.2, 0) is 4.79 Å². The lowest BCUT2D eigenvalue weighted by Crippen LogP contribution is -2.40. The van der Waals surface area contributed by atoms with Gasteiger partial charge in [0.05, 0.1) is 11.1 Å². The first kappa shape index (κ1) is 14.1. The molecule has 0 heterocycles. The van der Waals surface area contributed by atoms with Crippen LogP contribution in [0.1, 0.15) is 40.0 Å². The van der Waals surface area contributed by atoms with Crippen molar-refractivity contribution in [2.24, 2.45) is 21.3 Å². The number of carboxylic acids is 1. The van der Waals surface area contributed by atoms with Crippen molar-refractivity contribution < 1.29 is 9.90 Å². The van der Waals surface area contributed by atoms with Crippen molar-refractivity contribution in [3.8, 4) is 0 Å². The number of hydrazone groups is 1. The number of benzene rings is 1. The van der Waals surface area contributed by atoms with Crippen LogP contribution in [0.5, 0.6) is 0 Å². The quantitative estimate of drug-likeness (QED) is 0.832. The number of carboxylic acid groups (broad SMARTS) is 1. The number of hydrogen-bond acceptors (Lipinski definition) is 3. The van der Waals surface area contributed by atoms with Crippen molar-refractivity contribution in [3.05, 3.63) is 30.3 Å². The van der Waals surface area contributed by atoms with E-state index in [9.17, 15) is 9.90 Å². The van der Waals surface area contributed by atoms with Crippen LogP contribution < -0.4 is 5.43 Å². The van der Waals surface area contributed by atoms with Crippen LogP contribution in [0, 0.1) is 16.2 Å². The Hall–Kier alpha value is -1.84. The fourth-order valence-electron chi connectivity index (χ4n) is 4.17. The van der Waals surface area contributed by atoms with Gasteiger partial charge in [0.2, 0.25) is 0 Å². The minimum atomic E-state index is -0.680. The maximum absolute atomic E-state index is 11.9. The van der Waals surface area contributed by atoms with E-state index in [0.29, 0.717) is 6.42 Å². The summed E-state index contributed by atoms with van der Waals surface area (Å²) in [6.45, 7) is 6.33. The molecule has 2 saturated carbocycles. The molecule has 1 aromatic rings. The van der Waals surface area contributed by atoms with Crippen LogP contribution in [0.25, 0.3) is 0 Å². The van der Waals surface area contributed by atoms with Crippen LogP contribution in [-0.4, -0.2) is 16.8 Å². The van der Waals surface area contributed by atoms with E-state index >= 15 is 0 Å². The van der Waals surface area contributed by atoms with E-state index in [2.05, 4.69) is 31.3 Å². The van der Waals surface area contributed by atoms with Crippen molar-refractivity contribution in [1.82, 2.24) is 0 Å². The van der Waals surface area contributed by atoms with Gasteiger partial charge < -0.3 is 5.11 Å². The number of fused-ring (bicyclic) bond motifs is 2. The Morgan fingerprint density at radius 1 is 1.19 bits per heavy atom. The summed E-state index contributed by atoms with van der Waals surface area (Å²) in [5.74, 6) is -0.680. The Kier molecular flexibility index (Phi) is 2.91. The second-order valence-electron chi connectivity index (χ2n) is 7.06. The fraction of sp³-hybridized carbons (Fsp3) is 0.529. The fourth-order valence-corrected chi connectivity index (χ4v) is 4.17. The molecule has 2 aliphatic rings. The normalized spacial score (nSPS) is 35.1. The molecular formula is C17H22N2O2. The third kappa shape index (κ3) is 1.68. The monoisotopic (exact) mass is 286 g/mol. The molecule has 3 rings (SSSR count). The summed E-state index contributed by atoms with van der Waals surface area (Å²) < 4.78 is 0. The Morgan fingerprint density at radius 3 is 2.43 bits per heavy atom. The zero-order valence-corrected chi connectivity index (χ0v) is 12.8. The molecule has 4 heteroatoms. The SMILES string of the molecule is CC1(C)[C@]2(C(=O)O)CC[C@@]1(C)C(=NNc1ccccc1)C2. The molecule has 0 radical (unpaired) electrons. The molecule has 2 fully saturated rings. The minimum Gasteiger partial charge on any atom is -0.481 e. The van der Waals surface area contributed by atoms with Crippen LogP contribution >= 0.6 is 0 Å². The van der Waals surface area contributed by atoms with Crippen molar-refractivity contribution >= 4 is 17.4 Å². The van der Waals surface area contributed by atoms with Gasteiger partial charge in [-0.15, -0.1) is 0 Å². The molecule has 0 amide bonds. The molecule has 2 aliphatic carbocycles. The second-order valence-corrected chi connectivity index (χ2v) is 7.06. The van der Waals surface area contributed by atoms with Gasteiger partial charge in [-0.2, -0.15) is 5.10 Å². The molecule has 0 unspecified atom stereocenters. The Balaban J connectivity index is 1.94. The highest BCUT2D eigenvalue weighted by Crippen LogP contribution is 2.70. The molecular weight excluding hydrogens is 264 g/mol. The molecule has 2 N–H and O–H groups in total. The van der Waals surface area contributed by atoms with Gasteiger partial charge in [-0.1, -0.05) is 39.0 Å². The van der Waals surface area contributed by atoms with E-state index < -0.39 is 11.4 Å². The number of nitrogens with one attached hydrogen (secondary N) is 1. The standard InChI is InChI=1S/C17H22N2O2/c1-15(2)16(3)9-10-17(15,14(20)21)11-13(16)19-18-12-7-5-4-6-8-12/h4-8,18H,9-11H2,1-3H3,(H,20,21)/t16-,17+/m0/s1. The van der Waals surface area contributed by atoms with Gasteiger partial charge in [0, 0.05) is 17.5 Å². The third-order valence-electron chi connectivity index (χ3n) is 6.24. The summed E-state index contributed by atoms with van der Waals surface area (Å²) >= 11 is 0. The number of nitrogens with zero attached hydrogens (tertiary/aromatic N) is 1. The Labute approximate surface area is 125 Å². The number of rotatable bonds is 3. The van der Waals surface area contributed by atoms with Gasteiger partial charge in [-0.25, -0.2) is 0 Å². The number of anilines is 1. The Morgan fingerprint density at radius 2 is 1.86 bits per heavy atom. The van der Waals surface area contributed by atoms with E-state index in [0.717, 1.165) is 24.2 Å². The zero-order valence-electron chi connectivity index (χ0n) is 12.8. The summed E-state index contributed by atoms with van der Waals surface area (Å²) in [7, 11) is 0. The van der Waals surface area contributed by atoms with Gasteiger partial charge in [0.25, 0.3) is 0 Å². The lowest BCUT2D eigenvalue weighted by atomic mass is 9.65. The maximum Gasteiger partial charge on any atom is 0.310 e. The molecule has 1 aromatic carbocycles. The smallest absolute Gasteiger partial charge is 0.310 e. The molecule has 2 bridgehead atoms. The van der Waals surface area contributed by atoms with Crippen LogP contribution in [0.3, 0.4) is 0 Å². The van der Waals surface area contributed by atoms with E-state index in [1.165, 1.54) is 0 Å². The van der Waals surface area contributed by atoms with E-state index in [1.807, 2.05) is 30.3 Å². The number of aliphatic carboxylic acids is 1. The topological polar surface area (TPSA) is 61.7 Å². The minimum absolute atomic E-state index is 0.146. The molecule has 112 valence electrons. The summed E-state index contributed by atoms with van der Waals surface area (Å²) in [5, 5.41) is 14.3. The maximum atomic E-state index is 11.9. The van der Waals surface area contributed by atoms with Crippen LogP contribution in [0.15, 0.2) is 35.4 Å². The average molecular weight is 286 g/mol. The van der Waals surface area contributed by atoms with Crippen molar-refractivity contribution in [3.63, 3.8) is 0 Å². The van der Waals surface area contributed by atoms with Gasteiger partial charge in [-0.3, -0.25) is 10.2 Å². The highest BCUT2D eigenvalue weighted by molar-refractivity contribution is 6.01. The van der Waals surface area contributed by atoms with Crippen LogP contribution in [0.4, 0.5) is 5.69 Å². The first-order valence-corrected chi connectivity index (χ1v) is 7.45. The van der Waals surface area contributed by atoms with E-state index in [4.69, 9.17) is 0 Å². The summed E-state index contributed by atoms with van der Waals surface area (Å²) in [6.07, 6.45) is 2.18. The first-order valence-electron chi connectivity index (χ1n) is 7.45. The number of hydrogen-bond donors (Lipinski definition) is 2. The van der Waals surface area contributed by atoms with Crippen molar-refractivity contribution in [1.29, 1.82) is 0 Å². The largest absolute Gasteiger partial charge is 0.481 e. The van der Waals surface area contributed by atoms with E-state index in [-0.39, 0.29) is 10.8 Å². The predicted octanol–water partition coefficient (Wildman–Crippen LogP) is 3.76. The predicted molar refractivity (Wildman–Crippen MR) is 83.3 cm³/mol. The Bertz CT molecular complexity index is 608. The molecule has 21 heavy (non-hydrogen) atoms. The molecule has 0 saturated heterocycles. The molecule has 4 nitrogen and oxygen atoms in total. The number of carbonyl (C=O) groups is 1. The van der Waals surface area contributed by atoms with Gasteiger partial charge >= 0.3 is 5.97 Å². The highest BCUT2D eigenvalue weighted by Gasteiger charge is 2.71. The zero-order chi connectivity index (χ0) is 15.3. The second kappa shape index (κ2) is 4.33.